The van der Waals surface area contributed by atoms with Gasteiger partial charge in [-0.15, -0.1) is 0 Å². The van der Waals surface area contributed by atoms with Crippen molar-refractivity contribution in [3.63, 3.8) is 0 Å². The Kier molecular flexibility index (Phi) is 4.41. The van der Waals surface area contributed by atoms with Crippen LogP contribution in [0.25, 0.3) is 0 Å². The van der Waals surface area contributed by atoms with Crippen LogP contribution in [0.5, 0.6) is 5.75 Å². The van der Waals surface area contributed by atoms with E-state index in [-0.39, 0.29) is 18.1 Å². The van der Waals surface area contributed by atoms with Crippen molar-refractivity contribution in [2.45, 2.75) is 31.4 Å². The van der Waals surface area contributed by atoms with E-state index in [2.05, 4.69) is 0 Å². The van der Waals surface area contributed by atoms with Crippen LogP contribution in [-0.4, -0.2) is 49.3 Å². The largest absolute Gasteiger partial charge is 0.491 e. The molecule has 1 aromatic carbocycles. The van der Waals surface area contributed by atoms with Gasteiger partial charge in [-0.1, -0.05) is 0 Å². The van der Waals surface area contributed by atoms with E-state index >= 15 is 0 Å². The number of hydrogen-bond donors (Lipinski definition) is 1. The molecule has 2 aliphatic heterocycles. The zero-order chi connectivity index (χ0) is 14.7. The van der Waals surface area contributed by atoms with Gasteiger partial charge >= 0.3 is 0 Å². The fourth-order valence-electron chi connectivity index (χ4n) is 2.81. The molecule has 0 aromatic heterocycles. The lowest BCUT2D eigenvalue weighted by atomic mass is 10.2. The molecule has 2 heterocycles. The minimum Gasteiger partial charge on any atom is -0.491 e. The van der Waals surface area contributed by atoms with Crippen molar-refractivity contribution in [3.8, 4) is 5.75 Å². The van der Waals surface area contributed by atoms with E-state index in [9.17, 15) is 4.79 Å². The average molecular weight is 290 g/mol. The standard InChI is InChI=1S/C16H22N2O3/c17-13-7-8-18(10-13)16(19)12-3-5-14(6-4-12)21-11-15-2-1-9-20-15/h3-6,13,15H,1-2,7-11,17H2. The molecule has 0 spiro atoms. The van der Waals surface area contributed by atoms with Crippen LogP contribution in [0.15, 0.2) is 24.3 Å². The maximum atomic E-state index is 12.3. The van der Waals surface area contributed by atoms with Crippen molar-refractivity contribution >= 4 is 5.91 Å². The van der Waals surface area contributed by atoms with E-state index in [4.69, 9.17) is 15.2 Å². The molecule has 0 bridgehead atoms. The lowest BCUT2D eigenvalue weighted by molar-refractivity contribution is 0.0679. The van der Waals surface area contributed by atoms with Gasteiger partial charge in [0.2, 0.25) is 0 Å². The highest BCUT2D eigenvalue weighted by atomic mass is 16.5. The number of amides is 1. The molecule has 1 amide bonds. The van der Waals surface area contributed by atoms with Gasteiger partial charge in [0.25, 0.3) is 5.91 Å². The van der Waals surface area contributed by atoms with Crippen LogP contribution >= 0.6 is 0 Å². The Balaban J connectivity index is 1.54. The van der Waals surface area contributed by atoms with Gasteiger partial charge in [0.1, 0.15) is 12.4 Å². The molecule has 0 radical (unpaired) electrons. The van der Waals surface area contributed by atoms with E-state index in [1.165, 1.54) is 0 Å². The molecule has 114 valence electrons. The second kappa shape index (κ2) is 6.45. The number of carbonyl (C=O) groups is 1. The number of rotatable bonds is 4. The minimum atomic E-state index is 0.0497. The van der Waals surface area contributed by atoms with Crippen molar-refractivity contribution in [2.24, 2.45) is 5.73 Å². The summed E-state index contributed by atoms with van der Waals surface area (Å²) in [4.78, 5) is 14.1. The number of hydrogen-bond acceptors (Lipinski definition) is 4. The van der Waals surface area contributed by atoms with Gasteiger partial charge in [0, 0.05) is 31.3 Å². The molecular formula is C16H22N2O3. The summed E-state index contributed by atoms with van der Waals surface area (Å²) < 4.78 is 11.2. The van der Waals surface area contributed by atoms with Gasteiger partial charge < -0.3 is 20.1 Å². The van der Waals surface area contributed by atoms with Crippen molar-refractivity contribution < 1.29 is 14.3 Å². The summed E-state index contributed by atoms with van der Waals surface area (Å²) in [5.74, 6) is 0.828. The Bertz CT molecular complexity index is 483. The quantitative estimate of drug-likeness (QED) is 0.911. The molecule has 5 heteroatoms. The van der Waals surface area contributed by atoms with E-state index in [0.29, 0.717) is 18.7 Å². The lowest BCUT2D eigenvalue weighted by Crippen LogP contribution is -2.31. The minimum absolute atomic E-state index is 0.0497. The SMILES string of the molecule is NC1CCN(C(=O)c2ccc(OCC3CCCO3)cc2)C1. The van der Waals surface area contributed by atoms with E-state index < -0.39 is 0 Å². The molecule has 2 unspecified atom stereocenters. The predicted octanol–water partition coefficient (Wildman–Crippen LogP) is 1.42. The zero-order valence-corrected chi connectivity index (χ0v) is 12.2. The molecule has 0 aliphatic carbocycles. The highest BCUT2D eigenvalue weighted by molar-refractivity contribution is 5.94. The van der Waals surface area contributed by atoms with Gasteiger partial charge in [-0.25, -0.2) is 0 Å². The van der Waals surface area contributed by atoms with Crippen LogP contribution < -0.4 is 10.5 Å². The molecular weight excluding hydrogens is 268 g/mol. The maximum absolute atomic E-state index is 12.3. The van der Waals surface area contributed by atoms with E-state index in [1.54, 1.807) is 0 Å². The van der Waals surface area contributed by atoms with Gasteiger partial charge in [-0.05, 0) is 43.5 Å². The number of carbonyl (C=O) groups excluding carboxylic acids is 1. The Morgan fingerprint density at radius 3 is 2.76 bits per heavy atom. The molecule has 0 saturated carbocycles. The molecule has 2 fully saturated rings. The van der Waals surface area contributed by atoms with Crippen LogP contribution in [-0.2, 0) is 4.74 Å². The molecule has 2 aliphatic rings. The van der Waals surface area contributed by atoms with Gasteiger partial charge in [0.05, 0.1) is 6.10 Å². The molecule has 1 aromatic rings. The van der Waals surface area contributed by atoms with E-state index in [0.717, 1.165) is 38.2 Å². The van der Waals surface area contributed by atoms with Gasteiger partial charge in [-0.3, -0.25) is 4.79 Å². The predicted molar refractivity (Wildman–Crippen MR) is 79.4 cm³/mol. The Labute approximate surface area is 125 Å². The molecule has 5 nitrogen and oxygen atoms in total. The highest BCUT2D eigenvalue weighted by Gasteiger charge is 2.24. The second-order valence-electron chi connectivity index (χ2n) is 5.77. The number of nitrogens with zero attached hydrogens (tertiary/aromatic N) is 1. The summed E-state index contributed by atoms with van der Waals surface area (Å²) in [6.07, 6.45) is 3.26. The third-order valence-corrected chi connectivity index (χ3v) is 4.07. The zero-order valence-electron chi connectivity index (χ0n) is 12.2. The van der Waals surface area contributed by atoms with Crippen LogP contribution in [0.3, 0.4) is 0 Å². The summed E-state index contributed by atoms with van der Waals surface area (Å²) in [5.41, 5.74) is 6.53. The van der Waals surface area contributed by atoms with Crippen LogP contribution in [0, 0.1) is 0 Å². The second-order valence-corrected chi connectivity index (χ2v) is 5.77. The van der Waals surface area contributed by atoms with Crippen LogP contribution in [0.4, 0.5) is 0 Å². The average Bonchev–Trinajstić information content (AvgIpc) is 3.16. The van der Waals surface area contributed by atoms with Gasteiger partial charge in [0.15, 0.2) is 0 Å². The molecule has 2 saturated heterocycles. The first-order valence-corrected chi connectivity index (χ1v) is 7.62. The van der Waals surface area contributed by atoms with Crippen LogP contribution in [0.2, 0.25) is 0 Å². The van der Waals surface area contributed by atoms with Crippen molar-refractivity contribution in [1.82, 2.24) is 4.90 Å². The molecule has 3 rings (SSSR count). The normalized spacial score (nSPS) is 25.3. The first kappa shape index (κ1) is 14.4. The van der Waals surface area contributed by atoms with Crippen molar-refractivity contribution in [3.05, 3.63) is 29.8 Å². The number of likely N-dealkylation sites (tertiary alicyclic amines) is 1. The first-order chi connectivity index (χ1) is 10.2. The van der Waals surface area contributed by atoms with Crippen molar-refractivity contribution in [2.75, 3.05) is 26.3 Å². The third-order valence-electron chi connectivity index (χ3n) is 4.07. The topological polar surface area (TPSA) is 64.8 Å². The first-order valence-electron chi connectivity index (χ1n) is 7.62. The summed E-state index contributed by atoms with van der Waals surface area (Å²) in [7, 11) is 0. The number of benzene rings is 1. The summed E-state index contributed by atoms with van der Waals surface area (Å²) >= 11 is 0. The number of nitrogens with two attached hydrogens (primary N) is 1. The summed E-state index contributed by atoms with van der Waals surface area (Å²) in [6.45, 7) is 2.81. The lowest BCUT2D eigenvalue weighted by Gasteiger charge is -2.16. The maximum Gasteiger partial charge on any atom is 0.253 e. The summed E-state index contributed by atoms with van der Waals surface area (Å²) in [6, 6.07) is 7.44. The smallest absolute Gasteiger partial charge is 0.253 e. The monoisotopic (exact) mass is 290 g/mol. The van der Waals surface area contributed by atoms with E-state index in [1.807, 2.05) is 29.2 Å². The number of ether oxygens (including phenoxy) is 2. The van der Waals surface area contributed by atoms with Gasteiger partial charge in [-0.2, -0.15) is 0 Å². The Morgan fingerprint density at radius 1 is 1.33 bits per heavy atom. The van der Waals surface area contributed by atoms with Crippen LogP contribution in [0.1, 0.15) is 29.6 Å². The Hall–Kier alpha value is -1.59. The molecule has 2 N–H and O–H groups in total. The molecule has 2 atom stereocenters. The summed E-state index contributed by atoms with van der Waals surface area (Å²) in [5, 5.41) is 0. The molecule has 21 heavy (non-hydrogen) atoms. The fraction of sp³-hybridized carbons (Fsp3) is 0.562. The fourth-order valence-corrected chi connectivity index (χ4v) is 2.81. The third kappa shape index (κ3) is 3.54. The Morgan fingerprint density at radius 2 is 2.14 bits per heavy atom. The highest BCUT2D eigenvalue weighted by Crippen LogP contribution is 2.18. The van der Waals surface area contributed by atoms with Crippen molar-refractivity contribution in [1.29, 1.82) is 0 Å².